The minimum Gasteiger partial charge on any atom is -0.495 e. The minimum absolute atomic E-state index is 0.0661. The maximum Gasteiger partial charge on any atom is 0.247 e. The molecule has 1 aromatic carbocycles. The SMILES string of the molecule is COCCN(C1CC1)S(=O)(=O)c1cc(CN)ccc1OC. The number of methoxy groups -OCH3 is 2. The number of hydrogen-bond donors (Lipinski definition) is 1. The molecule has 0 amide bonds. The molecule has 118 valence electrons. The van der Waals surface area contributed by atoms with E-state index in [2.05, 4.69) is 0 Å². The number of nitrogens with two attached hydrogens (primary N) is 1. The highest BCUT2D eigenvalue weighted by Crippen LogP contribution is 2.35. The van der Waals surface area contributed by atoms with Gasteiger partial charge in [0, 0.05) is 26.2 Å². The maximum atomic E-state index is 12.9. The molecule has 0 atom stereocenters. The van der Waals surface area contributed by atoms with Crippen LogP contribution in [0.15, 0.2) is 23.1 Å². The van der Waals surface area contributed by atoms with Gasteiger partial charge in [-0.25, -0.2) is 8.42 Å². The summed E-state index contributed by atoms with van der Waals surface area (Å²) in [5.74, 6) is 0.343. The molecule has 6 nitrogen and oxygen atoms in total. The summed E-state index contributed by atoms with van der Waals surface area (Å²) in [6, 6.07) is 5.08. The van der Waals surface area contributed by atoms with E-state index in [-0.39, 0.29) is 17.5 Å². The number of rotatable bonds is 8. The van der Waals surface area contributed by atoms with Crippen molar-refractivity contribution < 1.29 is 17.9 Å². The summed E-state index contributed by atoms with van der Waals surface area (Å²) >= 11 is 0. The Bertz CT molecular complexity index is 585. The summed E-state index contributed by atoms with van der Waals surface area (Å²) in [5, 5.41) is 0. The minimum atomic E-state index is -3.61. The van der Waals surface area contributed by atoms with Crippen molar-refractivity contribution in [3.63, 3.8) is 0 Å². The lowest BCUT2D eigenvalue weighted by atomic mass is 10.2. The number of ether oxygens (including phenoxy) is 2. The highest BCUT2D eigenvalue weighted by atomic mass is 32.2. The van der Waals surface area contributed by atoms with Crippen LogP contribution in [0.4, 0.5) is 0 Å². The van der Waals surface area contributed by atoms with Gasteiger partial charge in [-0.15, -0.1) is 0 Å². The van der Waals surface area contributed by atoms with E-state index < -0.39 is 10.0 Å². The fourth-order valence-corrected chi connectivity index (χ4v) is 4.10. The standard InChI is InChI=1S/C14H22N2O4S/c1-19-8-7-16(12-4-5-12)21(17,18)14-9-11(10-15)3-6-13(14)20-2/h3,6,9,12H,4-5,7-8,10,15H2,1-2H3. The third-order valence-electron chi connectivity index (χ3n) is 3.52. The van der Waals surface area contributed by atoms with Crippen LogP contribution in [-0.4, -0.2) is 46.1 Å². The van der Waals surface area contributed by atoms with Crippen LogP contribution < -0.4 is 10.5 Å². The van der Waals surface area contributed by atoms with Crippen LogP contribution in [0.1, 0.15) is 18.4 Å². The molecule has 21 heavy (non-hydrogen) atoms. The summed E-state index contributed by atoms with van der Waals surface area (Å²) in [6.07, 6.45) is 1.78. The fraction of sp³-hybridized carbons (Fsp3) is 0.571. The van der Waals surface area contributed by atoms with Gasteiger partial charge >= 0.3 is 0 Å². The van der Waals surface area contributed by atoms with Crippen LogP contribution in [0.3, 0.4) is 0 Å². The second-order valence-electron chi connectivity index (χ2n) is 5.03. The zero-order valence-electron chi connectivity index (χ0n) is 12.4. The predicted molar refractivity (Wildman–Crippen MR) is 79.7 cm³/mol. The molecule has 0 bridgehead atoms. The monoisotopic (exact) mass is 314 g/mol. The highest BCUT2D eigenvalue weighted by Gasteiger charge is 2.39. The van der Waals surface area contributed by atoms with Gasteiger partial charge in [-0.3, -0.25) is 0 Å². The van der Waals surface area contributed by atoms with E-state index in [1.165, 1.54) is 11.4 Å². The number of nitrogens with zero attached hydrogens (tertiary/aromatic N) is 1. The molecule has 2 N–H and O–H groups in total. The molecule has 0 spiro atoms. The molecule has 1 aliphatic rings. The molecule has 1 fully saturated rings. The quantitative estimate of drug-likeness (QED) is 0.772. The summed E-state index contributed by atoms with van der Waals surface area (Å²) in [5.41, 5.74) is 6.37. The van der Waals surface area contributed by atoms with Crippen molar-refractivity contribution in [2.24, 2.45) is 5.73 Å². The van der Waals surface area contributed by atoms with Crippen LogP contribution >= 0.6 is 0 Å². The molecule has 1 aromatic rings. The fourth-order valence-electron chi connectivity index (χ4n) is 2.22. The van der Waals surface area contributed by atoms with Crippen molar-refractivity contribution in [3.8, 4) is 5.75 Å². The zero-order chi connectivity index (χ0) is 15.5. The normalized spacial score (nSPS) is 15.4. The molecule has 1 aliphatic carbocycles. The van der Waals surface area contributed by atoms with E-state index in [9.17, 15) is 8.42 Å². The van der Waals surface area contributed by atoms with Gasteiger partial charge in [0.15, 0.2) is 0 Å². The van der Waals surface area contributed by atoms with Gasteiger partial charge in [0.1, 0.15) is 10.6 Å². The largest absolute Gasteiger partial charge is 0.495 e. The Labute approximate surface area is 125 Å². The molecule has 0 aliphatic heterocycles. The van der Waals surface area contributed by atoms with Crippen LogP contribution in [0, 0.1) is 0 Å². The van der Waals surface area contributed by atoms with Gasteiger partial charge in [0.2, 0.25) is 10.0 Å². The first kappa shape index (κ1) is 16.2. The lowest BCUT2D eigenvalue weighted by molar-refractivity contribution is 0.177. The molecule has 0 radical (unpaired) electrons. The third-order valence-corrected chi connectivity index (χ3v) is 5.49. The average Bonchev–Trinajstić information content (AvgIpc) is 3.31. The van der Waals surface area contributed by atoms with Gasteiger partial charge in [-0.05, 0) is 30.5 Å². The van der Waals surface area contributed by atoms with Gasteiger partial charge in [0.25, 0.3) is 0 Å². The molecule has 0 saturated heterocycles. The van der Waals surface area contributed by atoms with E-state index in [0.29, 0.717) is 18.9 Å². The molecule has 1 saturated carbocycles. The van der Waals surface area contributed by atoms with Crippen LogP contribution in [-0.2, 0) is 21.3 Å². The Morgan fingerprint density at radius 3 is 2.57 bits per heavy atom. The van der Waals surface area contributed by atoms with Crippen molar-refractivity contribution in [2.45, 2.75) is 30.3 Å². The number of sulfonamides is 1. The Kier molecular flexibility index (Phi) is 5.21. The van der Waals surface area contributed by atoms with Crippen molar-refractivity contribution >= 4 is 10.0 Å². The molecular weight excluding hydrogens is 292 g/mol. The molecule has 2 rings (SSSR count). The van der Waals surface area contributed by atoms with Crippen molar-refractivity contribution in [3.05, 3.63) is 23.8 Å². The Balaban J connectivity index is 2.40. The van der Waals surface area contributed by atoms with Crippen molar-refractivity contribution in [1.29, 1.82) is 0 Å². The summed E-state index contributed by atoms with van der Waals surface area (Å²) in [7, 11) is -0.584. The predicted octanol–water partition coefficient (Wildman–Crippen LogP) is 0.953. The lowest BCUT2D eigenvalue weighted by Crippen LogP contribution is -2.36. The molecule has 0 unspecified atom stereocenters. The first-order valence-electron chi connectivity index (χ1n) is 6.92. The van der Waals surface area contributed by atoms with E-state index in [4.69, 9.17) is 15.2 Å². The van der Waals surface area contributed by atoms with E-state index in [1.807, 2.05) is 0 Å². The van der Waals surface area contributed by atoms with Crippen LogP contribution in [0.5, 0.6) is 5.75 Å². The first-order chi connectivity index (χ1) is 10.0. The molecule has 0 heterocycles. The topological polar surface area (TPSA) is 81.9 Å². The van der Waals surface area contributed by atoms with Gasteiger partial charge in [-0.2, -0.15) is 4.31 Å². The molecular formula is C14H22N2O4S. The summed E-state index contributed by atoms with van der Waals surface area (Å²) < 4.78 is 37.6. The van der Waals surface area contributed by atoms with Crippen molar-refractivity contribution in [1.82, 2.24) is 4.31 Å². The smallest absolute Gasteiger partial charge is 0.247 e. The second-order valence-corrected chi connectivity index (χ2v) is 6.89. The number of hydrogen-bond acceptors (Lipinski definition) is 5. The summed E-state index contributed by atoms with van der Waals surface area (Å²) in [4.78, 5) is 0.177. The lowest BCUT2D eigenvalue weighted by Gasteiger charge is -2.23. The van der Waals surface area contributed by atoms with Gasteiger partial charge in [0.05, 0.1) is 13.7 Å². The van der Waals surface area contributed by atoms with Gasteiger partial charge < -0.3 is 15.2 Å². The summed E-state index contributed by atoms with van der Waals surface area (Å²) in [6.45, 7) is 1.00. The average molecular weight is 314 g/mol. The maximum absolute atomic E-state index is 12.9. The van der Waals surface area contributed by atoms with E-state index >= 15 is 0 Å². The Hall–Kier alpha value is -1.15. The highest BCUT2D eigenvalue weighted by molar-refractivity contribution is 7.89. The van der Waals surface area contributed by atoms with Gasteiger partial charge in [-0.1, -0.05) is 6.07 Å². The van der Waals surface area contributed by atoms with E-state index in [1.54, 1.807) is 25.3 Å². The molecule has 0 aromatic heterocycles. The van der Waals surface area contributed by atoms with Crippen LogP contribution in [0.25, 0.3) is 0 Å². The second kappa shape index (κ2) is 6.74. The van der Waals surface area contributed by atoms with Crippen molar-refractivity contribution in [2.75, 3.05) is 27.4 Å². The Morgan fingerprint density at radius 2 is 2.05 bits per heavy atom. The van der Waals surface area contributed by atoms with E-state index in [0.717, 1.165) is 18.4 Å². The first-order valence-corrected chi connectivity index (χ1v) is 8.36. The number of benzene rings is 1. The third kappa shape index (κ3) is 3.55. The zero-order valence-corrected chi connectivity index (χ0v) is 13.2. The molecule has 7 heteroatoms. The van der Waals surface area contributed by atoms with Crippen LogP contribution in [0.2, 0.25) is 0 Å². The Morgan fingerprint density at radius 1 is 1.33 bits per heavy atom.